The number of para-hydroxylation sites is 1. The minimum atomic E-state index is -0.165. The molecule has 0 radical (unpaired) electrons. The lowest BCUT2D eigenvalue weighted by molar-refractivity contribution is 0.661. The van der Waals surface area contributed by atoms with Gasteiger partial charge in [-0.05, 0) is 58.1 Å². The molecule has 5 heteroatoms. The molecule has 12 rings (SSSR count). The summed E-state index contributed by atoms with van der Waals surface area (Å²) in [5.74, 6) is 1.25. The number of fused-ring (bicyclic) bond motifs is 6. The van der Waals surface area contributed by atoms with E-state index in [1.807, 2.05) is 24.3 Å². The maximum absolute atomic E-state index is 5.47. The van der Waals surface area contributed by atoms with E-state index in [9.17, 15) is 0 Å². The molecule has 0 bridgehead atoms. The Balaban J connectivity index is 1.07. The summed E-state index contributed by atoms with van der Waals surface area (Å²) < 4.78 is 2.26. The van der Waals surface area contributed by atoms with Crippen molar-refractivity contribution in [2.24, 2.45) is 0 Å². The van der Waals surface area contributed by atoms with Gasteiger partial charge in [-0.1, -0.05) is 196 Å². The van der Waals surface area contributed by atoms with E-state index < -0.39 is 0 Å². The zero-order valence-electron chi connectivity index (χ0n) is 35.4. The summed E-state index contributed by atoms with van der Waals surface area (Å²) >= 11 is 0. The summed E-state index contributed by atoms with van der Waals surface area (Å²) in [4.78, 5) is 21.7. The van der Waals surface area contributed by atoms with Crippen LogP contribution < -0.4 is 0 Å². The molecule has 0 spiro atoms. The smallest absolute Gasteiger partial charge is 0.235 e. The molecule has 1 aliphatic carbocycles. The van der Waals surface area contributed by atoms with Crippen molar-refractivity contribution in [3.05, 3.63) is 223 Å². The van der Waals surface area contributed by atoms with Crippen LogP contribution >= 0.6 is 0 Å². The van der Waals surface area contributed by atoms with Gasteiger partial charge in [0.2, 0.25) is 5.95 Å². The lowest BCUT2D eigenvalue weighted by Gasteiger charge is -2.21. The highest BCUT2D eigenvalue weighted by Gasteiger charge is 2.36. The third kappa shape index (κ3) is 6.16. The molecule has 0 N–H and O–H groups in total. The topological polar surface area (TPSA) is 56.5 Å². The van der Waals surface area contributed by atoms with Crippen LogP contribution in [-0.2, 0) is 5.41 Å². The first-order valence-electron chi connectivity index (χ1n) is 21.8. The second-order valence-electron chi connectivity index (χ2n) is 17.0. The zero-order chi connectivity index (χ0) is 42.8. The lowest BCUT2D eigenvalue weighted by Crippen LogP contribution is -2.15. The van der Waals surface area contributed by atoms with E-state index in [1.54, 1.807) is 0 Å². The van der Waals surface area contributed by atoms with E-state index in [0.717, 1.165) is 72.8 Å². The monoisotopic (exact) mass is 819 g/mol. The Morgan fingerprint density at radius 2 is 0.891 bits per heavy atom. The summed E-state index contributed by atoms with van der Waals surface area (Å²) in [6.45, 7) is 4.66. The number of benzene rings is 8. The summed E-state index contributed by atoms with van der Waals surface area (Å²) in [6.07, 6.45) is 0. The molecule has 8 aromatic carbocycles. The number of rotatable bonds is 7. The summed E-state index contributed by atoms with van der Waals surface area (Å²) in [7, 11) is 0. The van der Waals surface area contributed by atoms with Gasteiger partial charge in [0.1, 0.15) is 0 Å². The molecule has 3 aromatic heterocycles. The van der Waals surface area contributed by atoms with Crippen LogP contribution in [0.2, 0.25) is 0 Å². The van der Waals surface area contributed by atoms with Gasteiger partial charge < -0.3 is 0 Å². The fourth-order valence-corrected chi connectivity index (χ4v) is 9.71. The molecule has 1 aliphatic rings. The average molecular weight is 820 g/mol. The third-order valence-corrected chi connectivity index (χ3v) is 12.8. The Hall–Kier alpha value is -8.28. The van der Waals surface area contributed by atoms with Gasteiger partial charge in [0.05, 0.1) is 33.8 Å². The second kappa shape index (κ2) is 15.0. The fourth-order valence-electron chi connectivity index (χ4n) is 9.71. The van der Waals surface area contributed by atoms with Crippen molar-refractivity contribution in [2.75, 3.05) is 0 Å². The number of hydrogen-bond acceptors (Lipinski definition) is 4. The fraction of sp³-hybridized carbons (Fsp3) is 0.0508. The molecule has 64 heavy (non-hydrogen) atoms. The molecule has 3 heterocycles. The van der Waals surface area contributed by atoms with Crippen molar-refractivity contribution in [3.63, 3.8) is 0 Å². The van der Waals surface area contributed by atoms with Gasteiger partial charge in [0.15, 0.2) is 5.82 Å². The van der Waals surface area contributed by atoms with Crippen LogP contribution in [-0.4, -0.2) is 24.5 Å². The van der Waals surface area contributed by atoms with Crippen LogP contribution in [0.1, 0.15) is 25.0 Å². The Morgan fingerprint density at radius 1 is 0.359 bits per heavy atom. The molecule has 11 aromatic rings. The van der Waals surface area contributed by atoms with E-state index in [0.29, 0.717) is 11.8 Å². The number of hydrogen-bond donors (Lipinski definition) is 0. The normalized spacial score (nSPS) is 12.7. The highest BCUT2D eigenvalue weighted by molar-refractivity contribution is 6.11. The number of aromatic nitrogens is 5. The largest absolute Gasteiger partial charge is 0.278 e. The van der Waals surface area contributed by atoms with E-state index >= 15 is 0 Å². The molecule has 0 amide bonds. The molecule has 0 aliphatic heterocycles. The first-order chi connectivity index (χ1) is 31.5. The average Bonchev–Trinajstić information content (AvgIpc) is 3.81. The minimum Gasteiger partial charge on any atom is -0.278 e. The maximum atomic E-state index is 5.47. The highest BCUT2D eigenvalue weighted by atomic mass is 15.2. The predicted molar refractivity (Wildman–Crippen MR) is 262 cm³/mol. The Labute approximate surface area is 372 Å². The zero-order valence-corrected chi connectivity index (χ0v) is 35.4. The van der Waals surface area contributed by atoms with Crippen molar-refractivity contribution >= 4 is 21.8 Å². The summed E-state index contributed by atoms with van der Waals surface area (Å²) in [5, 5.41) is 2.35. The van der Waals surface area contributed by atoms with Crippen LogP contribution in [0.5, 0.6) is 0 Å². The van der Waals surface area contributed by atoms with Crippen molar-refractivity contribution in [2.45, 2.75) is 19.3 Å². The first kappa shape index (κ1) is 37.5. The Bertz CT molecular complexity index is 3500. The van der Waals surface area contributed by atoms with Crippen molar-refractivity contribution in [1.82, 2.24) is 24.5 Å². The molecule has 302 valence electrons. The van der Waals surface area contributed by atoms with Gasteiger partial charge in [-0.15, -0.1) is 0 Å². The van der Waals surface area contributed by atoms with Crippen LogP contribution in [0.25, 0.3) is 106 Å². The SMILES string of the molecule is CC1(C)c2ccccc2-c2cc3c4ccccc4n(-c4nc(-c5ccccc5)cc(-c5cccc(-c6nc(-c7ccccc7)c(-c7ccccc7)c(-c7ccccc7)n6)c5)n4)c3cc21. The van der Waals surface area contributed by atoms with Gasteiger partial charge >= 0.3 is 0 Å². The van der Waals surface area contributed by atoms with Crippen molar-refractivity contribution in [1.29, 1.82) is 0 Å². The van der Waals surface area contributed by atoms with E-state index in [2.05, 4.69) is 206 Å². The highest BCUT2D eigenvalue weighted by Crippen LogP contribution is 2.51. The standard InChI is InChI=1S/C59H41N5/c1-59(2)48-32-17-15-30-44(48)46-35-47-45-31-16-18-33-52(45)64(53(47)36-49(46)59)58-60-50(38-20-7-3-8-21-38)37-51(61-58)42-28-19-29-43(34-42)57-62-55(40-24-11-5-12-25-40)54(39-22-9-4-10-23-39)56(63-57)41-26-13-6-14-27-41/h3-37H,1-2H3. The first-order valence-corrected chi connectivity index (χ1v) is 21.8. The van der Waals surface area contributed by atoms with Gasteiger partial charge in [0.25, 0.3) is 0 Å². The Kier molecular flexibility index (Phi) is 8.76. The van der Waals surface area contributed by atoms with Gasteiger partial charge in [-0.2, -0.15) is 0 Å². The quantitative estimate of drug-likeness (QED) is 0.161. The van der Waals surface area contributed by atoms with E-state index in [-0.39, 0.29) is 5.41 Å². The number of nitrogens with zero attached hydrogens (tertiary/aromatic N) is 5. The van der Waals surface area contributed by atoms with Crippen LogP contribution in [0.4, 0.5) is 0 Å². The lowest BCUT2D eigenvalue weighted by atomic mass is 9.82. The molecular weight excluding hydrogens is 779 g/mol. The minimum absolute atomic E-state index is 0.165. The molecule has 0 saturated heterocycles. The van der Waals surface area contributed by atoms with Crippen molar-refractivity contribution < 1.29 is 0 Å². The third-order valence-electron chi connectivity index (χ3n) is 12.8. The predicted octanol–water partition coefficient (Wildman–Crippen LogP) is 14.7. The molecule has 5 nitrogen and oxygen atoms in total. The molecule has 0 saturated carbocycles. The summed E-state index contributed by atoms with van der Waals surface area (Å²) in [6, 6.07) is 74.5. The molecule has 0 unspecified atom stereocenters. The Morgan fingerprint density at radius 3 is 1.56 bits per heavy atom. The van der Waals surface area contributed by atoms with Crippen LogP contribution in [0.3, 0.4) is 0 Å². The molecule has 0 fully saturated rings. The maximum Gasteiger partial charge on any atom is 0.235 e. The van der Waals surface area contributed by atoms with Gasteiger partial charge in [0, 0.05) is 49.6 Å². The van der Waals surface area contributed by atoms with Crippen LogP contribution in [0.15, 0.2) is 212 Å². The molecular formula is C59H41N5. The molecule has 0 atom stereocenters. The van der Waals surface area contributed by atoms with Gasteiger partial charge in [-0.25, -0.2) is 19.9 Å². The second-order valence-corrected chi connectivity index (χ2v) is 17.0. The van der Waals surface area contributed by atoms with E-state index in [4.69, 9.17) is 19.9 Å². The van der Waals surface area contributed by atoms with Gasteiger partial charge in [-0.3, -0.25) is 4.57 Å². The summed E-state index contributed by atoms with van der Waals surface area (Å²) in [5.41, 5.74) is 17.6. The van der Waals surface area contributed by atoms with Crippen molar-refractivity contribution in [3.8, 4) is 84.6 Å². The van der Waals surface area contributed by atoms with E-state index in [1.165, 1.54) is 33.0 Å². The van der Waals surface area contributed by atoms with Crippen LogP contribution in [0, 0.1) is 0 Å².